The third-order valence-corrected chi connectivity index (χ3v) is 3.23. The summed E-state index contributed by atoms with van der Waals surface area (Å²) in [6, 6.07) is 8.81. The molecule has 0 aromatic heterocycles. The largest absolute Gasteiger partial charge is 0.374 e. The maximum absolute atomic E-state index is 13.5. The van der Waals surface area contributed by atoms with Gasteiger partial charge >= 0.3 is 0 Å². The molecular formula is C17H16F2N2O2. The summed E-state index contributed by atoms with van der Waals surface area (Å²) in [5, 5.41) is 5.24. The fraction of sp³-hybridized carbons (Fsp3) is 0.176. The normalized spacial score (nSPS) is 11.7. The van der Waals surface area contributed by atoms with Crippen LogP contribution in [-0.2, 0) is 4.79 Å². The molecule has 6 heteroatoms. The maximum atomic E-state index is 13.5. The van der Waals surface area contributed by atoms with Crippen LogP contribution in [0.25, 0.3) is 0 Å². The molecule has 0 aliphatic carbocycles. The van der Waals surface area contributed by atoms with E-state index in [1.54, 1.807) is 31.2 Å². The lowest BCUT2D eigenvalue weighted by Gasteiger charge is -2.16. The van der Waals surface area contributed by atoms with Crippen molar-refractivity contribution in [3.8, 4) is 0 Å². The lowest BCUT2D eigenvalue weighted by molar-refractivity contribution is -0.116. The second kappa shape index (κ2) is 7.00. The van der Waals surface area contributed by atoms with Crippen molar-refractivity contribution >= 4 is 23.1 Å². The molecule has 0 spiro atoms. The van der Waals surface area contributed by atoms with E-state index in [1.807, 2.05) is 0 Å². The zero-order chi connectivity index (χ0) is 17.0. The summed E-state index contributed by atoms with van der Waals surface area (Å²) >= 11 is 0. The summed E-state index contributed by atoms with van der Waals surface area (Å²) in [6.45, 7) is 3.02. The highest BCUT2D eigenvalue weighted by atomic mass is 19.1. The highest BCUT2D eigenvalue weighted by Gasteiger charge is 2.15. The van der Waals surface area contributed by atoms with Crippen LogP contribution in [0.5, 0.6) is 0 Å². The van der Waals surface area contributed by atoms with E-state index < -0.39 is 23.6 Å². The monoisotopic (exact) mass is 318 g/mol. The summed E-state index contributed by atoms with van der Waals surface area (Å²) in [6.07, 6.45) is 0. The summed E-state index contributed by atoms with van der Waals surface area (Å²) < 4.78 is 26.6. The molecule has 0 saturated carbocycles. The van der Waals surface area contributed by atoms with E-state index in [1.165, 1.54) is 6.92 Å². The van der Waals surface area contributed by atoms with E-state index in [9.17, 15) is 18.4 Å². The Hall–Kier alpha value is -2.76. The Bertz CT molecular complexity index is 747. The number of rotatable bonds is 5. The molecule has 1 amide bonds. The van der Waals surface area contributed by atoms with Gasteiger partial charge < -0.3 is 10.6 Å². The zero-order valence-electron chi connectivity index (χ0n) is 12.7. The van der Waals surface area contributed by atoms with Crippen molar-refractivity contribution in [3.63, 3.8) is 0 Å². The number of hydrogen-bond donors (Lipinski definition) is 2. The third-order valence-electron chi connectivity index (χ3n) is 3.23. The number of hydrogen-bond acceptors (Lipinski definition) is 3. The predicted molar refractivity (Wildman–Crippen MR) is 84.5 cm³/mol. The quantitative estimate of drug-likeness (QED) is 0.828. The van der Waals surface area contributed by atoms with Crippen LogP contribution in [-0.4, -0.2) is 17.7 Å². The Balaban J connectivity index is 2.07. The van der Waals surface area contributed by atoms with Crippen molar-refractivity contribution in [1.82, 2.24) is 0 Å². The van der Waals surface area contributed by atoms with Crippen LogP contribution < -0.4 is 10.6 Å². The molecule has 4 nitrogen and oxygen atoms in total. The minimum absolute atomic E-state index is 0.0902. The Morgan fingerprint density at radius 2 is 1.83 bits per heavy atom. The van der Waals surface area contributed by atoms with Gasteiger partial charge in [0.05, 0.1) is 5.69 Å². The molecule has 120 valence electrons. The summed E-state index contributed by atoms with van der Waals surface area (Å²) in [4.78, 5) is 23.4. The Kier molecular flexibility index (Phi) is 5.05. The van der Waals surface area contributed by atoms with E-state index in [0.717, 1.165) is 18.2 Å². The van der Waals surface area contributed by atoms with Crippen molar-refractivity contribution in [3.05, 3.63) is 59.7 Å². The van der Waals surface area contributed by atoms with Gasteiger partial charge in [-0.05, 0) is 38.1 Å². The molecule has 0 bridgehead atoms. The fourth-order valence-electron chi connectivity index (χ4n) is 1.98. The van der Waals surface area contributed by atoms with Gasteiger partial charge in [0.15, 0.2) is 5.78 Å². The smallest absolute Gasteiger partial charge is 0.246 e. The van der Waals surface area contributed by atoms with Crippen LogP contribution in [0.15, 0.2) is 42.5 Å². The number of halogens is 2. The molecule has 23 heavy (non-hydrogen) atoms. The summed E-state index contributed by atoms with van der Waals surface area (Å²) in [7, 11) is 0. The van der Waals surface area contributed by atoms with Gasteiger partial charge in [-0.2, -0.15) is 0 Å². The van der Waals surface area contributed by atoms with E-state index in [0.29, 0.717) is 11.3 Å². The van der Waals surface area contributed by atoms with Crippen molar-refractivity contribution in [2.24, 2.45) is 0 Å². The van der Waals surface area contributed by atoms with Gasteiger partial charge in [-0.15, -0.1) is 0 Å². The molecule has 0 aliphatic rings. The first-order chi connectivity index (χ1) is 10.9. The van der Waals surface area contributed by atoms with Gasteiger partial charge in [-0.3, -0.25) is 9.59 Å². The third kappa shape index (κ3) is 4.35. The standard InChI is InChI=1S/C17H16F2N2O2/c1-10(20-14-5-3-4-12(8-14)11(2)22)17(23)21-16-9-13(18)6-7-15(16)19/h3-10,20H,1-2H3,(H,21,23)/t10-/m1/s1. The summed E-state index contributed by atoms with van der Waals surface area (Å²) in [5.74, 6) is -1.97. The van der Waals surface area contributed by atoms with Crippen LogP contribution in [0.1, 0.15) is 24.2 Å². The number of benzene rings is 2. The maximum Gasteiger partial charge on any atom is 0.246 e. The molecule has 2 aromatic carbocycles. The minimum Gasteiger partial charge on any atom is -0.374 e. The lowest BCUT2D eigenvalue weighted by Crippen LogP contribution is -2.32. The lowest BCUT2D eigenvalue weighted by atomic mass is 10.1. The van der Waals surface area contributed by atoms with Gasteiger partial charge in [0.1, 0.15) is 17.7 Å². The molecule has 0 unspecified atom stereocenters. The summed E-state index contributed by atoms with van der Waals surface area (Å²) in [5.41, 5.74) is 0.875. The van der Waals surface area contributed by atoms with Crippen LogP contribution in [0.3, 0.4) is 0 Å². The fourth-order valence-corrected chi connectivity index (χ4v) is 1.98. The molecule has 2 N–H and O–H groups in total. The van der Waals surface area contributed by atoms with Crippen LogP contribution in [0.4, 0.5) is 20.2 Å². The number of anilines is 2. The number of ketones is 1. The molecule has 0 aliphatic heterocycles. The average Bonchev–Trinajstić information content (AvgIpc) is 2.51. The first-order valence-corrected chi connectivity index (χ1v) is 7.00. The minimum atomic E-state index is -0.717. The predicted octanol–water partition coefficient (Wildman–Crippen LogP) is 3.61. The second-order valence-electron chi connectivity index (χ2n) is 5.12. The van der Waals surface area contributed by atoms with Crippen LogP contribution in [0, 0.1) is 11.6 Å². The molecular weight excluding hydrogens is 302 g/mol. The number of amides is 1. The van der Waals surface area contributed by atoms with Gasteiger partial charge in [0, 0.05) is 17.3 Å². The van der Waals surface area contributed by atoms with Crippen LogP contribution >= 0.6 is 0 Å². The van der Waals surface area contributed by atoms with E-state index in [-0.39, 0.29) is 11.5 Å². The highest BCUT2D eigenvalue weighted by Crippen LogP contribution is 2.17. The highest BCUT2D eigenvalue weighted by molar-refractivity contribution is 5.97. The van der Waals surface area contributed by atoms with E-state index in [4.69, 9.17) is 0 Å². The number of carbonyl (C=O) groups excluding carboxylic acids is 2. The first kappa shape index (κ1) is 16.6. The Morgan fingerprint density at radius 3 is 2.52 bits per heavy atom. The number of carbonyl (C=O) groups is 2. The van der Waals surface area contributed by atoms with Crippen molar-refractivity contribution in [2.75, 3.05) is 10.6 Å². The Labute approximate surface area is 132 Å². The molecule has 0 heterocycles. The first-order valence-electron chi connectivity index (χ1n) is 7.00. The number of nitrogens with one attached hydrogen (secondary N) is 2. The molecule has 2 aromatic rings. The molecule has 2 rings (SSSR count). The van der Waals surface area contributed by atoms with Gasteiger partial charge in [-0.25, -0.2) is 8.78 Å². The topological polar surface area (TPSA) is 58.2 Å². The van der Waals surface area contributed by atoms with Gasteiger partial charge in [0.2, 0.25) is 5.91 Å². The van der Waals surface area contributed by atoms with Gasteiger partial charge in [-0.1, -0.05) is 12.1 Å². The molecule has 0 radical (unpaired) electrons. The van der Waals surface area contributed by atoms with Crippen LogP contribution in [0.2, 0.25) is 0 Å². The Morgan fingerprint density at radius 1 is 1.09 bits per heavy atom. The second-order valence-corrected chi connectivity index (χ2v) is 5.12. The van der Waals surface area contributed by atoms with Crippen molar-refractivity contribution in [2.45, 2.75) is 19.9 Å². The van der Waals surface area contributed by atoms with E-state index >= 15 is 0 Å². The molecule has 0 fully saturated rings. The average molecular weight is 318 g/mol. The zero-order valence-corrected chi connectivity index (χ0v) is 12.7. The van der Waals surface area contributed by atoms with Crippen molar-refractivity contribution < 1.29 is 18.4 Å². The van der Waals surface area contributed by atoms with Gasteiger partial charge in [0.25, 0.3) is 0 Å². The van der Waals surface area contributed by atoms with Crippen molar-refractivity contribution in [1.29, 1.82) is 0 Å². The number of Topliss-reactive ketones (excluding diaryl/α,β-unsaturated/α-hetero) is 1. The molecule has 0 saturated heterocycles. The molecule has 1 atom stereocenters. The SMILES string of the molecule is CC(=O)c1cccc(N[C@H](C)C(=O)Nc2cc(F)ccc2F)c1. The van der Waals surface area contributed by atoms with E-state index in [2.05, 4.69) is 10.6 Å².